The SMILES string of the molecule is CCNCc1ccc(COc2ccccc2OCC)cc1. The minimum absolute atomic E-state index is 0.547. The van der Waals surface area contributed by atoms with E-state index in [-0.39, 0.29) is 0 Å². The zero-order valence-electron chi connectivity index (χ0n) is 12.8. The lowest BCUT2D eigenvalue weighted by molar-refractivity contribution is 0.269. The third-order valence-corrected chi connectivity index (χ3v) is 3.15. The van der Waals surface area contributed by atoms with Crippen molar-refractivity contribution in [3.8, 4) is 11.5 Å². The molecule has 0 fully saturated rings. The van der Waals surface area contributed by atoms with Gasteiger partial charge in [0.05, 0.1) is 6.61 Å². The van der Waals surface area contributed by atoms with Gasteiger partial charge in [0.25, 0.3) is 0 Å². The van der Waals surface area contributed by atoms with Gasteiger partial charge < -0.3 is 14.8 Å². The first-order chi connectivity index (χ1) is 10.3. The molecule has 2 aromatic rings. The van der Waals surface area contributed by atoms with Crippen LogP contribution >= 0.6 is 0 Å². The van der Waals surface area contributed by atoms with Crippen LogP contribution in [0.3, 0.4) is 0 Å². The molecule has 0 bridgehead atoms. The summed E-state index contributed by atoms with van der Waals surface area (Å²) >= 11 is 0. The fraction of sp³-hybridized carbons (Fsp3) is 0.333. The molecule has 0 aromatic heterocycles. The molecule has 0 saturated heterocycles. The number of nitrogens with one attached hydrogen (secondary N) is 1. The van der Waals surface area contributed by atoms with Crippen LogP contribution in [0, 0.1) is 0 Å². The molecule has 0 spiro atoms. The standard InChI is InChI=1S/C18H23NO2/c1-3-19-13-15-9-11-16(12-10-15)14-21-18-8-6-5-7-17(18)20-4-2/h5-12,19H,3-4,13-14H2,1-2H3. The molecule has 0 saturated carbocycles. The Morgan fingerprint density at radius 1 is 0.810 bits per heavy atom. The average molecular weight is 285 g/mol. The van der Waals surface area contributed by atoms with Gasteiger partial charge in [-0.2, -0.15) is 0 Å². The second-order valence-electron chi connectivity index (χ2n) is 4.77. The fourth-order valence-corrected chi connectivity index (χ4v) is 2.03. The molecule has 0 aliphatic rings. The van der Waals surface area contributed by atoms with Crippen LogP contribution < -0.4 is 14.8 Å². The normalized spacial score (nSPS) is 10.4. The van der Waals surface area contributed by atoms with Crippen molar-refractivity contribution in [1.82, 2.24) is 5.32 Å². The maximum absolute atomic E-state index is 5.86. The Balaban J connectivity index is 1.93. The molecule has 0 unspecified atom stereocenters. The first-order valence-corrected chi connectivity index (χ1v) is 7.46. The van der Waals surface area contributed by atoms with Gasteiger partial charge in [0.1, 0.15) is 6.61 Å². The van der Waals surface area contributed by atoms with Gasteiger partial charge in [0, 0.05) is 6.54 Å². The lowest BCUT2D eigenvalue weighted by atomic mass is 10.1. The molecule has 0 radical (unpaired) electrons. The summed E-state index contributed by atoms with van der Waals surface area (Å²) in [5.41, 5.74) is 2.44. The molecule has 0 heterocycles. The van der Waals surface area contributed by atoms with Crippen LogP contribution in [0.4, 0.5) is 0 Å². The predicted octanol–water partition coefficient (Wildman–Crippen LogP) is 3.77. The van der Waals surface area contributed by atoms with E-state index in [1.54, 1.807) is 0 Å². The lowest BCUT2D eigenvalue weighted by Crippen LogP contribution is -2.11. The van der Waals surface area contributed by atoms with E-state index in [0.29, 0.717) is 13.2 Å². The van der Waals surface area contributed by atoms with Gasteiger partial charge in [-0.25, -0.2) is 0 Å². The van der Waals surface area contributed by atoms with Crippen molar-refractivity contribution in [2.45, 2.75) is 27.0 Å². The molecule has 3 heteroatoms. The molecule has 0 aliphatic heterocycles. The molecule has 1 N–H and O–H groups in total. The van der Waals surface area contributed by atoms with Gasteiger partial charge in [0.15, 0.2) is 11.5 Å². The fourth-order valence-electron chi connectivity index (χ4n) is 2.03. The molecule has 2 rings (SSSR count). The molecular weight excluding hydrogens is 262 g/mol. The van der Waals surface area contributed by atoms with Crippen molar-refractivity contribution in [2.75, 3.05) is 13.2 Å². The predicted molar refractivity (Wildman–Crippen MR) is 85.8 cm³/mol. The van der Waals surface area contributed by atoms with Crippen molar-refractivity contribution in [2.24, 2.45) is 0 Å². The summed E-state index contributed by atoms with van der Waals surface area (Å²) in [6, 6.07) is 16.3. The zero-order chi connectivity index (χ0) is 14.9. The Hall–Kier alpha value is -2.00. The molecule has 3 nitrogen and oxygen atoms in total. The van der Waals surface area contributed by atoms with Crippen LogP contribution in [-0.2, 0) is 13.2 Å². The number of ether oxygens (including phenoxy) is 2. The molecular formula is C18H23NO2. The number of hydrogen-bond acceptors (Lipinski definition) is 3. The van der Waals surface area contributed by atoms with E-state index < -0.39 is 0 Å². The Bertz CT molecular complexity index is 537. The molecule has 0 aliphatic carbocycles. The first kappa shape index (κ1) is 15.4. The van der Waals surface area contributed by atoms with E-state index in [1.807, 2.05) is 31.2 Å². The Kier molecular flexibility index (Phi) is 6.10. The van der Waals surface area contributed by atoms with Crippen LogP contribution in [0.25, 0.3) is 0 Å². The monoisotopic (exact) mass is 285 g/mol. The minimum atomic E-state index is 0.547. The maximum atomic E-state index is 5.86. The number of para-hydroxylation sites is 2. The summed E-state index contributed by atoms with van der Waals surface area (Å²) in [4.78, 5) is 0. The number of benzene rings is 2. The highest BCUT2D eigenvalue weighted by molar-refractivity contribution is 5.39. The first-order valence-electron chi connectivity index (χ1n) is 7.46. The van der Waals surface area contributed by atoms with Gasteiger partial charge in [0.2, 0.25) is 0 Å². The molecule has 0 atom stereocenters. The largest absolute Gasteiger partial charge is 0.490 e. The van der Waals surface area contributed by atoms with Crippen molar-refractivity contribution in [3.63, 3.8) is 0 Å². The highest BCUT2D eigenvalue weighted by Gasteiger charge is 2.03. The van der Waals surface area contributed by atoms with Crippen molar-refractivity contribution in [1.29, 1.82) is 0 Å². The third-order valence-electron chi connectivity index (χ3n) is 3.15. The summed E-state index contributed by atoms with van der Waals surface area (Å²) in [5, 5.41) is 3.32. The second-order valence-corrected chi connectivity index (χ2v) is 4.77. The van der Waals surface area contributed by atoms with E-state index in [0.717, 1.165) is 30.2 Å². The third kappa shape index (κ3) is 4.80. The lowest BCUT2D eigenvalue weighted by Gasteiger charge is -2.12. The number of hydrogen-bond donors (Lipinski definition) is 1. The molecule has 2 aromatic carbocycles. The Labute approximate surface area is 126 Å². The van der Waals surface area contributed by atoms with Crippen LogP contribution in [0.15, 0.2) is 48.5 Å². The van der Waals surface area contributed by atoms with Gasteiger partial charge >= 0.3 is 0 Å². The van der Waals surface area contributed by atoms with Gasteiger partial charge in [-0.1, -0.05) is 43.3 Å². The zero-order valence-corrected chi connectivity index (χ0v) is 12.8. The van der Waals surface area contributed by atoms with E-state index in [2.05, 4.69) is 36.5 Å². The Morgan fingerprint density at radius 2 is 1.43 bits per heavy atom. The topological polar surface area (TPSA) is 30.5 Å². The van der Waals surface area contributed by atoms with Crippen LogP contribution in [0.1, 0.15) is 25.0 Å². The smallest absolute Gasteiger partial charge is 0.161 e. The van der Waals surface area contributed by atoms with Gasteiger partial charge in [-0.05, 0) is 36.7 Å². The van der Waals surface area contributed by atoms with Crippen molar-refractivity contribution >= 4 is 0 Å². The second kappa shape index (κ2) is 8.32. The quantitative estimate of drug-likeness (QED) is 0.801. The van der Waals surface area contributed by atoms with Gasteiger partial charge in [-0.15, -0.1) is 0 Å². The molecule has 21 heavy (non-hydrogen) atoms. The van der Waals surface area contributed by atoms with Crippen LogP contribution in [0.2, 0.25) is 0 Å². The van der Waals surface area contributed by atoms with Gasteiger partial charge in [-0.3, -0.25) is 0 Å². The van der Waals surface area contributed by atoms with E-state index in [1.165, 1.54) is 5.56 Å². The van der Waals surface area contributed by atoms with Crippen LogP contribution in [-0.4, -0.2) is 13.2 Å². The van der Waals surface area contributed by atoms with Crippen LogP contribution in [0.5, 0.6) is 11.5 Å². The van der Waals surface area contributed by atoms with Crippen molar-refractivity contribution in [3.05, 3.63) is 59.7 Å². The van der Waals surface area contributed by atoms with Crippen molar-refractivity contribution < 1.29 is 9.47 Å². The number of rotatable bonds is 8. The van der Waals surface area contributed by atoms with E-state index >= 15 is 0 Å². The summed E-state index contributed by atoms with van der Waals surface area (Å²) in [5.74, 6) is 1.58. The Morgan fingerprint density at radius 3 is 2.05 bits per heavy atom. The van der Waals surface area contributed by atoms with E-state index in [9.17, 15) is 0 Å². The molecule has 112 valence electrons. The van der Waals surface area contributed by atoms with E-state index in [4.69, 9.17) is 9.47 Å². The maximum Gasteiger partial charge on any atom is 0.161 e. The summed E-state index contributed by atoms with van der Waals surface area (Å²) in [7, 11) is 0. The average Bonchev–Trinajstić information content (AvgIpc) is 2.53. The summed E-state index contributed by atoms with van der Waals surface area (Å²) in [6.45, 7) is 7.16. The highest BCUT2D eigenvalue weighted by Crippen LogP contribution is 2.27. The highest BCUT2D eigenvalue weighted by atomic mass is 16.5. The minimum Gasteiger partial charge on any atom is -0.490 e. The summed E-state index contributed by atoms with van der Waals surface area (Å²) < 4.78 is 11.4. The summed E-state index contributed by atoms with van der Waals surface area (Å²) in [6.07, 6.45) is 0. The molecule has 0 amide bonds.